The Hall–Kier alpha value is -3.63. The first kappa shape index (κ1) is 17.5. The maximum Gasteiger partial charge on any atom is 0.220 e. The van der Waals surface area contributed by atoms with E-state index < -0.39 is 0 Å². The van der Waals surface area contributed by atoms with Gasteiger partial charge in [-0.3, -0.25) is 0 Å². The van der Waals surface area contributed by atoms with E-state index in [2.05, 4.69) is 17.1 Å². The van der Waals surface area contributed by atoms with E-state index in [1.807, 2.05) is 77.6 Å². The standard InChI is InChI=1S/C24H16ClN3O/c25-19-12-13-22-21(15-19)26-23(29-22)14-11-18-16-28(20-9-5-2-6-10-20)27-24(18)17-7-3-1-4-8-17/h1-16H/b14-11+. The number of fused-ring (bicyclic) bond motifs is 1. The fourth-order valence-electron chi connectivity index (χ4n) is 3.19. The van der Waals surface area contributed by atoms with E-state index in [0.29, 0.717) is 16.5 Å². The van der Waals surface area contributed by atoms with Crippen LogP contribution in [-0.2, 0) is 0 Å². The Morgan fingerprint density at radius 2 is 1.62 bits per heavy atom. The second kappa shape index (κ2) is 7.41. The molecule has 0 N–H and O–H groups in total. The lowest BCUT2D eigenvalue weighted by Gasteiger charge is -2.00. The maximum absolute atomic E-state index is 6.04. The van der Waals surface area contributed by atoms with Gasteiger partial charge >= 0.3 is 0 Å². The van der Waals surface area contributed by atoms with Gasteiger partial charge in [0.1, 0.15) is 5.52 Å². The van der Waals surface area contributed by atoms with Crippen molar-refractivity contribution in [1.82, 2.24) is 14.8 Å². The van der Waals surface area contributed by atoms with Gasteiger partial charge in [0.05, 0.1) is 11.4 Å². The van der Waals surface area contributed by atoms with Gasteiger partial charge in [-0.05, 0) is 36.4 Å². The Morgan fingerprint density at radius 3 is 2.41 bits per heavy atom. The predicted molar refractivity (Wildman–Crippen MR) is 117 cm³/mol. The summed E-state index contributed by atoms with van der Waals surface area (Å²) in [6, 6.07) is 25.6. The van der Waals surface area contributed by atoms with Crippen molar-refractivity contribution in [3.05, 3.63) is 102 Å². The molecule has 0 saturated carbocycles. The monoisotopic (exact) mass is 397 g/mol. The van der Waals surface area contributed by atoms with E-state index in [-0.39, 0.29) is 0 Å². The van der Waals surface area contributed by atoms with Crippen molar-refractivity contribution in [3.63, 3.8) is 0 Å². The second-order valence-electron chi connectivity index (χ2n) is 6.58. The Morgan fingerprint density at radius 1 is 0.862 bits per heavy atom. The number of aromatic nitrogens is 3. The van der Waals surface area contributed by atoms with Gasteiger partial charge in [0.25, 0.3) is 0 Å². The average molecular weight is 398 g/mol. The molecule has 0 amide bonds. The van der Waals surface area contributed by atoms with Crippen molar-refractivity contribution in [2.45, 2.75) is 0 Å². The minimum atomic E-state index is 0.522. The highest BCUT2D eigenvalue weighted by Crippen LogP contribution is 2.26. The molecular weight excluding hydrogens is 382 g/mol. The first-order valence-corrected chi connectivity index (χ1v) is 9.59. The molecule has 140 valence electrons. The number of oxazole rings is 1. The third-order valence-corrected chi connectivity index (χ3v) is 4.82. The molecule has 5 heteroatoms. The van der Waals surface area contributed by atoms with Crippen LogP contribution in [0, 0.1) is 0 Å². The first-order valence-electron chi connectivity index (χ1n) is 9.21. The quantitative estimate of drug-likeness (QED) is 0.347. The van der Waals surface area contributed by atoms with Crippen molar-refractivity contribution in [2.75, 3.05) is 0 Å². The van der Waals surface area contributed by atoms with Crippen LogP contribution in [0.15, 0.2) is 89.5 Å². The molecule has 4 nitrogen and oxygen atoms in total. The van der Waals surface area contributed by atoms with Gasteiger partial charge in [-0.2, -0.15) is 5.10 Å². The van der Waals surface area contributed by atoms with E-state index >= 15 is 0 Å². The normalized spacial score (nSPS) is 11.5. The summed E-state index contributed by atoms with van der Waals surface area (Å²) in [6.45, 7) is 0. The predicted octanol–water partition coefficient (Wildman–Crippen LogP) is 6.50. The molecule has 0 spiro atoms. The molecule has 3 aromatic carbocycles. The van der Waals surface area contributed by atoms with Crippen molar-refractivity contribution in [3.8, 4) is 16.9 Å². The Labute approximate surface area is 172 Å². The van der Waals surface area contributed by atoms with E-state index in [1.165, 1.54) is 0 Å². The molecule has 0 aliphatic carbocycles. The van der Waals surface area contributed by atoms with Crippen molar-refractivity contribution >= 4 is 34.9 Å². The second-order valence-corrected chi connectivity index (χ2v) is 7.01. The van der Waals surface area contributed by atoms with Crippen LogP contribution in [-0.4, -0.2) is 14.8 Å². The maximum atomic E-state index is 6.04. The highest BCUT2D eigenvalue weighted by molar-refractivity contribution is 6.31. The summed E-state index contributed by atoms with van der Waals surface area (Å²) in [5.41, 5.74) is 5.36. The lowest BCUT2D eigenvalue weighted by molar-refractivity contribution is 0.590. The average Bonchev–Trinajstić information content (AvgIpc) is 3.37. The van der Waals surface area contributed by atoms with Gasteiger partial charge in [0.2, 0.25) is 5.89 Å². The van der Waals surface area contributed by atoms with Crippen molar-refractivity contribution in [1.29, 1.82) is 0 Å². The molecule has 0 unspecified atom stereocenters. The summed E-state index contributed by atoms with van der Waals surface area (Å²) < 4.78 is 7.68. The molecule has 0 radical (unpaired) electrons. The SMILES string of the molecule is Clc1ccc2oc(/C=C/c3cn(-c4ccccc4)nc3-c3ccccc3)nc2c1. The Balaban J connectivity index is 1.57. The third kappa shape index (κ3) is 3.58. The topological polar surface area (TPSA) is 43.9 Å². The minimum absolute atomic E-state index is 0.522. The van der Waals surface area contributed by atoms with Crippen LogP contribution in [0.25, 0.3) is 40.2 Å². The summed E-state index contributed by atoms with van der Waals surface area (Å²) >= 11 is 6.04. The summed E-state index contributed by atoms with van der Waals surface area (Å²) in [6.07, 6.45) is 5.83. The molecule has 0 bridgehead atoms. The van der Waals surface area contributed by atoms with Crippen LogP contribution in [0.4, 0.5) is 0 Å². The highest BCUT2D eigenvalue weighted by Gasteiger charge is 2.11. The number of hydrogen-bond acceptors (Lipinski definition) is 3. The molecule has 0 aliphatic rings. The number of hydrogen-bond donors (Lipinski definition) is 0. The molecule has 5 aromatic rings. The number of nitrogens with zero attached hydrogens (tertiary/aromatic N) is 3. The highest BCUT2D eigenvalue weighted by atomic mass is 35.5. The van der Waals surface area contributed by atoms with Gasteiger partial charge in [0, 0.05) is 28.4 Å². The number of rotatable bonds is 4. The molecule has 0 aliphatic heterocycles. The molecule has 0 saturated heterocycles. The van der Waals surface area contributed by atoms with E-state index in [9.17, 15) is 0 Å². The van der Waals surface area contributed by atoms with E-state index in [4.69, 9.17) is 21.1 Å². The fourth-order valence-corrected chi connectivity index (χ4v) is 3.36. The Kier molecular flexibility index (Phi) is 4.47. The number of para-hydroxylation sites is 1. The third-order valence-electron chi connectivity index (χ3n) is 4.58. The van der Waals surface area contributed by atoms with Crippen LogP contribution in [0.5, 0.6) is 0 Å². The number of benzene rings is 3. The summed E-state index contributed by atoms with van der Waals surface area (Å²) in [5, 5.41) is 5.45. The molecule has 0 fully saturated rings. The largest absolute Gasteiger partial charge is 0.437 e. The van der Waals surface area contributed by atoms with Crippen LogP contribution in [0.2, 0.25) is 5.02 Å². The van der Waals surface area contributed by atoms with Gasteiger partial charge in [-0.1, -0.05) is 60.1 Å². The van der Waals surface area contributed by atoms with Gasteiger partial charge in [-0.25, -0.2) is 9.67 Å². The Bertz CT molecular complexity index is 1300. The molecule has 29 heavy (non-hydrogen) atoms. The summed E-state index contributed by atoms with van der Waals surface area (Å²) in [5.74, 6) is 0.522. The van der Waals surface area contributed by atoms with Crippen LogP contribution in [0.3, 0.4) is 0 Å². The molecule has 2 heterocycles. The zero-order valence-corrected chi connectivity index (χ0v) is 16.1. The lowest BCUT2D eigenvalue weighted by atomic mass is 10.1. The van der Waals surface area contributed by atoms with Crippen LogP contribution >= 0.6 is 11.6 Å². The van der Waals surface area contributed by atoms with Gasteiger partial charge < -0.3 is 4.42 Å². The number of halogens is 1. The molecule has 5 rings (SSSR count). The first-order chi connectivity index (χ1) is 14.3. The lowest BCUT2D eigenvalue weighted by Crippen LogP contribution is -1.93. The minimum Gasteiger partial charge on any atom is -0.437 e. The summed E-state index contributed by atoms with van der Waals surface area (Å²) in [7, 11) is 0. The summed E-state index contributed by atoms with van der Waals surface area (Å²) in [4.78, 5) is 4.49. The van der Waals surface area contributed by atoms with Gasteiger partial charge in [-0.15, -0.1) is 0 Å². The van der Waals surface area contributed by atoms with Crippen LogP contribution in [0.1, 0.15) is 11.5 Å². The zero-order chi connectivity index (χ0) is 19.6. The van der Waals surface area contributed by atoms with Crippen molar-refractivity contribution in [2.24, 2.45) is 0 Å². The van der Waals surface area contributed by atoms with Crippen LogP contribution < -0.4 is 0 Å². The smallest absolute Gasteiger partial charge is 0.220 e. The van der Waals surface area contributed by atoms with Crippen molar-refractivity contribution < 1.29 is 4.42 Å². The molecular formula is C24H16ClN3O. The van der Waals surface area contributed by atoms with E-state index in [1.54, 1.807) is 12.1 Å². The fraction of sp³-hybridized carbons (Fsp3) is 0. The zero-order valence-electron chi connectivity index (χ0n) is 15.4. The molecule has 0 atom stereocenters. The van der Waals surface area contributed by atoms with Gasteiger partial charge in [0.15, 0.2) is 5.58 Å². The van der Waals surface area contributed by atoms with E-state index in [0.717, 1.165) is 28.0 Å². The molecule has 2 aromatic heterocycles.